The molecule has 0 aliphatic heterocycles. The molecule has 0 spiro atoms. The van der Waals surface area contributed by atoms with Gasteiger partial charge in [0.25, 0.3) is 5.91 Å². The second-order valence-electron chi connectivity index (χ2n) is 5.28. The number of alkyl carbamates (subject to hydrolysis) is 1. The number of halogens is 2. The molecule has 116 valence electrons. The molecular formula is C14H18F2N2O3. The summed E-state index contributed by atoms with van der Waals surface area (Å²) in [6.45, 7) is 5.25. The minimum absolute atomic E-state index is 0.0197. The molecule has 5 nitrogen and oxygen atoms in total. The molecule has 7 heteroatoms. The van der Waals surface area contributed by atoms with Gasteiger partial charge in [-0.2, -0.15) is 0 Å². The molecule has 0 unspecified atom stereocenters. The molecule has 2 amide bonds. The highest BCUT2D eigenvalue weighted by Crippen LogP contribution is 2.11. The predicted molar refractivity (Wildman–Crippen MR) is 72.9 cm³/mol. The number of ether oxygens (including phenoxy) is 1. The van der Waals surface area contributed by atoms with Crippen LogP contribution in [-0.2, 0) is 4.74 Å². The van der Waals surface area contributed by atoms with Crippen molar-refractivity contribution in [1.29, 1.82) is 0 Å². The molecule has 1 rings (SSSR count). The van der Waals surface area contributed by atoms with Crippen molar-refractivity contribution in [3.05, 3.63) is 35.4 Å². The van der Waals surface area contributed by atoms with Crippen LogP contribution in [0.3, 0.4) is 0 Å². The van der Waals surface area contributed by atoms with Crippen molar-refractivity contribution in [3.8, 4) is 0 Å². The van der Waals surface area contributed by atoms with Crippen LogP contribution in [0.2, 0.25) is 0 Å². The molecule has 0 bridgehead atoms. The number of amides is 2. The van der Waals surface area contributed by atoms with Crippen LogP contribution in [0.25, 0.3) is 0 Å². The first-order chi connectivity index (χ1) is 9.70. The molecule has 0 heterocycles. The maximum atomic E-state index is 13.3. The van der Waals surface area contributed by atoms with Gasteiger partial charge in [-0.3, -0.25) is 4.79 Å². The van der Waals surface area contributed by atoms with E-state index < -0.39 is 34.8 Å². The van der Waals surface area contributed by atoms with Gasteiger partial charge in [0.1, 0.15) is 22.8 Å². The summed E-state index contributed by atoms with van der Waals surface area (Å²) in [7, 11) is 0. The summed E-state index contributed by atoms with van der Waals surface area (Å²) in [5.74, 6) is -2.75. The monoisotopic (exact) mass is 300 g/mol. The molecule has 1 aromatic carbocycles. The summed E-state index contributed by atoms with van der Waals surface area (Å²) in [4.78, 5) is 22.9. The van der Waals surface area contributed by atoms with Crippen LogP contribution in [0.4, 0.5) is 13.6 Å². The van der Waals surface area contributed by atoms with E-state index in [1.165, 1.54) is 6.07 Å². The number of nitrogens with one attached hydrogen (secondary N) is 2. The van der Waals surface area contributed by atoms with Crippen molar-refractivity contribution in [1.82, 2.24) is 10.6 Å². The van der Waals surface area contributed by atoms with E-state index in [1.807, 2.05) is 0 Å². The van der Waals surface area contributed by atoms with Crippen molar-refractivity contribution in [2.24, 2.45) is 0 Å². The number of hydrogen-bond acceptors (Lipinski definition) is 3. The molecule has 0 aliphatic carbocycles. The molecule has 0 saturated heterocycles. The first-order valence-electron chi connectivity index (χ1n) is 6.40. The average Bonchev–Trinajstić information content (AvgIpc) is 2.32. The van der Waals surface area contributed by atoms with Crippen molar-refractivity contribution in [2.75, 3.05) is 13.1 Å². The molecular weight excluding hydrogens is 282 g/mol. The maximum absolute atomic E-state index is 13.3. The Balaban J connectivity index is 2.40. The fraction of sp³-hybridized carbons (Fsp3) is 0.429. The van der Waals surface area contributed by atoms with Gasteiger partial charge in [-0.25, -0.2) is 13.6 Å². The van der Waals surface area contributed by atoms with Crippen molar-refractivity contribution < 1.29 is 23.1 Å². The Morgan fingerprint density at radius 3 is 2.14 bits per heavy atom. The van der Waals surface area contributed by atoms with Crippen LogP contribution < -0.4 is 10.6 Å². The van der Waals surface area contributed by atoms with E-state index >= 15 is 0 Å². The van der Waals surface area contributed by atoms with Gasteiger partial charge < -0.3 is 15.4 Å². The maximum Gasteiger partial charge on any atom is 0.407 e. The first kappa shape index (κ1) is 16.9. The third-order valence-electron chi connectivity index (χ3n) is 2.27. The SMILES string of the molecule is CC(C)(C)OC(=O)NCCNC(=O)c1c(F)cccc1F. The van der Waals surface area contributed by atoms with E-state index in [0.29, 0.717) is 0 Å². The largest absolute Gasteiger partial charge is 0.444 e. The number of rotatable bonds is 4. The van der Waals surface area contributed by atoms with Crippen LogP contribution in [-0.4, -0.2) is 30.7 Å². The van der Waals surface area contributed by atoms with Gasteiger partial charge in [-0.15, -0.1) is 0 Å². The van der Waals surface area contributed by atoms with Gasteiger partial charge in [-0.05, 0) is 32.9 Å². The smallest absolute Gasteiger partial charge is 0.407 e. The zero-order chi connectivity index (χ0) is 16.0. The second kappa shape index (κ2) is 7.01. The average molecular weight is 300 g/mol. The highest BCUT2D eigenvalue weighted by atomic mass is 19.1. The van der Waals surface area contributed by atoms with E-state index in [9.17, 15) is 18.4 Å². The standard InChI is InChI=1S/C14H18F2N2O3/c1-14(2,3)21-13(20)18-8-7-17-12(19)11-9(15)5-4-6-10(11)16/h4-6H,7-8H2,1-3H3,(H,17,19)(H,18,20). The summed E-state index contributed by atoms with van der Waals surface area (Å²) in [6, 6.07) is 3.17. The van der Waals surface area contributed by atoms with Gasteiger partial charge in [0.05, 0.1) is 0 Å². The number of benzene rings is 1. The minimum atomic E-state index is -0.937. The lowest BCUT2D eigenvalue weighted by molar-refractivity contribution is 0.0526. The molecule has 2 N–H and O–H groups in total. The third kappa shape index (κ3) is 5.76. The first-order valence-corrected chi connectivity index (χ1v) is 6.40. The van der Waals surface area contributed by atoms with Crippen LogP contribution >= 0.6 is 0 Å². The highest BCUT2D eigenvalue weighted by molar-refractivity contribution is 5.94. The predicted octanol–water partition coefficient (Wildman–Crippen LogP) is 2.22. The Kier molecular flexibility index (Phi) is 5.63. The molecule has 0 aliphatic rings. The zero-order valence-electron chi connectivity index (χ0n) is 12.1. The fourth-order valence-electron chi connectivity index (χ4n) is 1.46. The third-order valence-corrected chi connectivity index (χ3v) is 2.27. The van der Waals surface area contributed by atoms with Crippen LogP contribution in [0.1, 0.15) is 31.1 Å². The van der Waals surface area contributed by atoms with Gasteiger partial charge in [-0.1, -0.05) is 6.07 Å². The Labute approximate surface area is 121 Å². The summed E-state index contributed by atoms with van der Waals surface area (Å²) >= 11 is 0. The van der Waals surface area contributed by atoms with E-state index in [0.717, 1.165) is 12.1 Å². The Morgan fingerprint density at radius 1 is 1.10 bits per heavy atom. The van der Waals surface area contributed by atoms with E-state index in [2.05, 4.69) is 10.6 Å². The summed E-state index contributed by atoms with van der Waals surface area (Å²) in [5, 5.41) is 4.72. The van der Waals surface area contributed by atoms with Gasteiger partial charge >= 0.3 is 6.09 Å². The molecule has 0 fully saturated rings. The van der Waals surface area contributed by atoms with Gasteiger partial charge in [0.2, 0.25) is 0 Å². The van der Waals surface area contributed by atoms with Crippen LogP contribution in [0.15, 0.2) is 18.2 Å². The summed E-state index contributed by atoms with van der Waals surface area (Å²) in [6.07, 6.45) is -0.631. The quantitative estimate of drug-likeness (QED) is 0.838. The van der Waals surface area contributed by atoms with E-state index in [4.69, 9.17) is 4.74 Å². The number of hydrogen-bond donors (Lipinski definition) is 2. The van der Waals surface area contributed by atoms with Crippen LogP contribution in [0, 0.1) is 11.6 Å². The molecule has 1 aromatic rings. The van der Waals surface area contributed by atoms with Crippen molar-refractivity contribution in [3.63, 3.8) is 0 Å². The zero-order valence-corrected chi connectivity index (χ0v) is 12.1. The molecule has 0 aromatic heterocycles. The lowest BCUT2D eigenvalue weighted by atomic mass is 10.2. The second-order valence-corrected chi connectivity index (χ2v) is 5.28. The van der Waals surface area contributed by atoms with Gasteiger partial charge in [0, 0.05) is 13.1 Å². The lowest BCUT2D eigenvalue weighted by Crippen LogP contribution is -2.38. The van der Waals surface area contributed by atoms with E-state index in [1.54, 1.807) is 20.8 Å². The molecule has 0 atom stereocenters. The lowest BCUT2D eigenvalue weighted by Gasteiger charge is -2.19. The normalized spacial score (nSPS) is 10.9. The molecule has 0 radical (unpaired) electrons. The van der Waals surface area contributed by atoms with Crippen molar-refractivity contribution >= 4 is 12.0 Å². The Hall–Kier alpha value is -2.18. The van der Waals surface area contributed by atoms with E-state index in [-0.39, 0.29) is 13.1 Å². The highest BCUT2D eigenvalue weighted by Gasteiger charge is 2.17. The van der Waals surface area contributed by atoms with Crippen LogP contribution in [0.5, 0.6) is 0 Å². The number of carbonyl (C=O) groups is 2. The summed E-state index contributed by atoms with van der Waals surface area (Å²) < 4.78 is 31.7. The minimum Gasteiger partial charge on any atom is -0.444 e. The van der Waals surface area contributed by atoms with Gasteiger partial charge in [0.15, 0.2) is 0 Å². The number of carbonyl (C=O) groups excluding carboxylic acids is 2. The van der Waals surface area contributed by atoms with Crippen molar-refractivity contribution in [2.45, 2.75) is 26.4 Å². The Bertz CT molecular complexity index is 507. The molecule has 21 heavy (non-hydrogen) atoms. The Morgan fingerprint density at radius 2 is 1.62 bits per heavy atom. The fourth-order valence-corrected chi connectivity index (χ4v) is 1.46. The summed E-state index contributed by atoms with van der Waals surface area (Å²) in [5.41, 5.74) is -1.27. The molecule has 0 saturated carbocycles. The topological polar surface area (TPSA) is 67.4 Å².